The highest BCUT2D eigenvalue weighted by Gasteiger charge is 2.33. The Hall–Kier alpha value is -2.76. The van der Waals surface area contributed by atoms with E-state index in [1.54, 1.807) is 37.6 Å². The lowest BCUT2D eigenvalue weighted by Crippen LogP contribution is -2.44. The summed E-state index contributed by atoms with van der Waals surface area (Å²) in [4.78, 5) is 16.1. The predicted molar refractivity (Wildman–Crippen MR) is 126 cm³/mol. The van der Waals surface area contributed by atoms with Gasteiger partial charge in [0.15, 0.2) is 0 Å². The zero-order valence-electron chi connectivity index (χ0n) is 18.6. The Bertz CT molecular complexity index is 1270. The van der Waals surface area contributed by atoms with Gasteiger partial charge in [0.05, 0.1) is 40.7 Å². The van der Waals surface area contributed by atoms with E-state index in [2.05, 4.69) is 21.1 Å². The maximum Gasteiger partial charge on any atom is 0.239 e. The summed E-state index contributed by atoms with van der Waals surface area (Å²) in [6, 6.07) is 6.24. The standard InChI is InChI=1S/C21H28FN7O2S/c1-13-12-31-9-8-28(13)18-11-17(21(2,3)32(5,23)30)26-20(27-18)29-16-7-6-14(22)10-15(16)25-19(29)24-4/h6-7,10-11,13H,5,8-9,12H2,1-4H3,(H2,23,30)(H,24,25). The van der Waals surface area contributed by atoms with Crippen LogP contribution in [0.1, 0.15) is 26.5 Å². The van der Waals surface area contributed by atoms with Crippen molar-refractivity contribution < 1.29 is 13.3 Å². The molecule has 9 nitrogen and oxygen atoms in total. The largest absolute Gasteiger partial charge is 0.377 e. The number of hydrogen-bond donors (Lipinski definition) is 2. The van der Waals surface area contributed by atoms with Crippen LogP contribution < -0.4 is 15.4 Å². The van der Waals surface area contributed by atoms with Gasteiger partial charge in [0.25, 0.3) is 0 Å². The second-order valence-electron chi connectivity index (χ2n) is 8.42. The number of rotatable bonds is 5. The van der Waals surface area contributed by atoms with Crippen molar-refractivity contribution in [1.82, 2.24) is 19.5 Å². The topological polar surface area (TPSA) is 111 Å². The van der Waals surface area contributed by atoms with Crippen molar-refractivity contribution in [2.75, 3.05) is 37.0 Å². The van der Waals surface area contributed by atoms with Gasteiger partial charge in [-0.05, 0) is 38.8 Å². The maximum atomic E-state index is 13.8. The first-order chi connectivity index (χ1) is 15.0. The van der Waals surface area contributed by atoms with Gasteiger partial charge in [-0.25, -0.2) is 18.9 Å². The molecule has 4 rings (SSSR count). The number of nitrogens with two attached hydrogens (primary N) is 1. The Morgan fingerprint density at radius 2 is 2.06 bits per heavy atom. The van der Waals surface area contributed by atoms with Crippen LogP contribution in [-0.2, 0) is 19.2 Å². The molecule has 0 bridgehead atoms. The molecule has 3 N–H and O–H groups in total. The second kappa shape index (κ2) is 7.98. The first-order valence-electron chi connectivity index (χ1n) is 10.3. The van der Waals surface area contributed by atoms with E-state index in [9.17, 15) is 8.60 Å². The SMILES string of the molecule is C=S(N)(=O)C(C)(C)c1cc(N2CCOCC2C)nc(-n2c(NC)nc3cc(F)ccc32)n1. The first-order valence-corrected chi connectivity index (χ1v) is 12.1. The van der Waals surface area contributed by atoms with E-state index in [0.29, 0.717) is 54.2 Å². The summed E-state index contributed by atoms with van der Waals surface area (Å²) in [5, 5.41) is 9.00. The predicted octanol–water partition coefficient (Wildman–Crippen LogP) is 2.05. The quantitative estimate of drug-likeness (QED) is 0.560. The molecule has 1 aliphatic rings. The normalized spacial score (nSPS) is 19.2. The fourth-order valence-electron chi connectivity index (χ4n) is 3.65. The summed E-state index contributed by atoms with van der Waals surface area (Å²) >= 11 is 0. The number of nitrogens with one attached hydrogen (secondary N) is 1. The van der Waals surface area contributed by atoms with E-state index in [-0.39, 0.29) is 11.9 Å². The third-order valence-corrected chi connectivity index (χ3v) is 7.82. The Morgan fingerprint density at radius 1 is 1.31 bits per heavy atom. The smallest absolute Gasteiger partial charge is 0.239 e. The number of morpholine rings is 1. The molecular weight excluding hydrogens is 433 g/mol. The minimum absolute atomic E-state index is 0.0850. The lowest BCUT2D eigenvalue weighted by molar-refractivity contribution is 0.0985. The van der Waals surface area contributed by atoms with Crippen LogP contribution >= 0.6 is 0 Å². The van der Waals surface area contributed by atoms with Gasteiger partial charge in [-0.15, -0.1) is 0 Å². The van der Waals surface area contributed by atoms with Gasteiger partial charge in [-0.2, -0.15) is 4.98 Å². The van der Waals surface area contributed by atoms with Crippen molar-refractivity contribution in [3.8, 4) is 5.95 Å². The molecular formula is C21H28FN7O2S. The number of fused-ring (bicyclic) bond motifs is 1. The first kappa shape index (κ1) is 22.4. The lowest BCUT2D eigenvalue weighted by atomic mass is 10.1. The molecule has 1 aromatic carbocycles. The monoisotopic (exact) mass is 461 g/mol. The molecule has 3 aromatic rings. The number of halogens is 1. The highest BCUT2D eigenvalue weighted by Crippen LogP contribution is 2.32. The number of nitrogens with zero attached hydrogens (tertiary/aromatic N) is 5. The molecule has 2 atom stereocenters. The Morgan fingerprint density at radius 3 is 2.72 bits per heavy atom. The average Bonchev–Trinajstić information content (AvgIpc) is 3.10. The van der Waals surface area contributed by atoms with Crippen molar-refractivity contribution in [2.24, 2.45) is 5.14 Å². The van der Waals surface area contributed by atoms with Crippen LogP contribution in [0.2, 0.25) is 0 Å². The zero-order chi connectivity index (χ0) is 23.3. The van der Waals surface area contributed by atoms with Gasteiger partial charge in [-0.3, -0.25) is 9.35 Å². The summed E-state index contributed by atoms with van der Waals surface area (Å²) in [5.74, 6) is 4.73. The molecule has 2 aromatic heterocycles. The molecule has 32 heavy (non-hydrogen) atoms. The third-order valence-electron chi connectivity index (χ3n) is 5.88. The van der Waals surface area contributed by atoms with Crippen molar-refractivity contribution in [3.63, 3.8) is 0 Å². The van der Waals surface area contributed by atoms with E-state index >= 15 is 0 Å². The second-order valence-corrected chi connectivity index (χ2v) is 10.9. The molecule has 3 heterocycles. The van der Waals surface area contributed by atoms with Crippen LogP contribution in [0.15, 0.2) is 24.3 Å². The molecule has 0 spiro atoms. The number of aromatic nitrogens is 4. The van der Waals surface area contributed by atoms with Crippen LogP contribution in [0.4, 0.5) is 16.2 Å². The molecule has 172 valence electrons. The van der Waals surface area contributed by atoms with E-state index in [0.717, 1.165) is 0 Å². The van der Waals surface area contributed by atoms with Crippen LogP contribution in [0.25, 0.3) is 17.0 Å². The van der Waals surface area contributed by atoms with E-state index in [4.69, 9.17) is 19.8 Å². The van der Waals surface area contributed by atoms with Crippen LogP contribution in [0, 0.1) is 5.82 Å². The fourth-order valence-corrected chi connectivity index (χ4v) is 4.10. The minimum Gasteiger partial charge on any atom is -0.377 e. The maximum absolute atomic E-state index is 13.8. The van der Waals surface area contributed by atoms with Crippen LogP contribution in [0.3, 0.4) is 0 Å². The van der Waals surface area contributed by atoms with Crippen molar-refractivity contribution >= 4 is 38.4 Å². The lowest BCUT2D eigenvalue weighted by Gasteiger charge is -2.35. The van der Waals surface area contributed by atoms with Gasteiger partial charge in [-0.1, -0.05) is 0 Å². The summed E-state index contributed by atoms with van der Waals surface area (Å²) in [6.07, 6.45) is 0. The summed E-state index contributed by atoms with van der Waals surface area (Å²) in [5.41, 5.74) is 1.59. The van der Waals surface area contributed by atoms with E-state index in [1.807, 2.05) is 6.92 Å². The molecule has 0 amide bonds. The number of hydrogen-bond acceptors (Lipinski definition) is 7. The van der Waals surface area contributed by atoms with E-state index < -0.39 is 14.5 Å². The number of imidazole rings is 1. The minimum atomic E-state index is -2.99. The van der Waals surface area contributed by atoms with Crippen molar-refractivity contribution in [1.29, 1.82) is 0 Å². The number of ether oxygens (including phenoxy) is 1. The molecule has 0 radical (unpaired) electrons. The molecule has 0 aliphatic carbocycles. The summed E-state index contributed by atoms with van der Waals surface area (Å²) < 4.78 is 32.9. The Labute approximate surface area is 187 Å². The zero-order valence-corrected chi connectivity index (χ0v) is 19.4. The van der Waals surface area contributed by atoms with Gasteiger partial charge < -0.3 is 15.0 Å². The fraction of sp³-hybridized carbons (Fsp3) is 0.429. The van der Waals surface area contributed by atoms with Crippen molar-refractivity contribution in [2.45, 2.75) is 31.6 Å². The van der Waals surface area contributed by atoms with Gasteiger partial charge in [0.2, 0.25) is 11.9 Å². The molecule has 1 aliphatic heterocycles. The van der Waals surface area contributed by atoms with Crippen LogP contribution in [0.5, 0.6) is 0 Å². The molecule has 0 saturated carbocycles. The average molecular weight is 462 g/mol. The van der Waals surface area contributed by atoms with Crippen molar-refractivity contribution in [3.05, 3.63) is 35.8 Å². The number of anilines is 2. The van der Waals surface area contributed by atoms with Gasteiger partial charge in [0, 0.05) is 35.4 Å². The third kappa shape index (κ3) is 3.80. The number of benzene rings is 1. The summed E-state index contributed by atoms with van der Waals surface area (Å²) in [7, 11) is -1.27. The highest BCUT2D eigenvalue weighted by molar-refractivity contribution is 7.99. The summed E-state index contributed by atoms with van der Waals surface area (Å²) in [6.45, 7) is 7.33. The molecule has 1 saturated heterocycles. The molecule has 11 heteroatoms. The molecule has 2 unspecified atom stereocenters. The van der Waals surface area contributed by atoms with Crippen LogP contribution in [-0.4, -0.2) is 62.4 Å². The van der Waals surface area contributed by atoms with E-state index in [1.165, 1.54) is 12.1 Å². The van der Waals surface area contributed by atoms with Gasteiger partial charge >= 0.3 is 0 Å². The van der Waals surface area contributed by atoms with Gasteiger partial charge in [0.1, 0.15) is 11.6 Å². The highest BCUT2D eigenvalue weighted by atomic mass is 32.2. The molecule has 1 fully saturated rings. The Kier molecular flexibility index (Phi) is 5.60. The Balaban J connectivity index is 2.00.